The molecule has 2 aromatic rings. The number of halogens is 3. The van der Waals surface area contributed by atoms with Gasteiger partial charge in [0, 0.05) is 24.1 Å². The molecule has 0 bridgehead atoms. The highest BCUT2D eigenvalue weighted by Crippen LogP contribution is 2.26. The number of nitrogens with one attached hydrogen (secondary N) is 1. The lowest BCUT2D eigenvalue weighted by Crippen LogP contribution is -2.20. The van der Waals surface area contributed by atoms with Gasteiger partial charge in [0.2, 0.25) is 0 Å². The van der Waals surface area contributed by atoms with Gasteiger partial charge in [-0.2, -0.15) is 13.2 Å². The number of benzene rings is 1. The fraction of sp³-hybridized carbons (Fsp3) is 0.370. The molecule has 0 spiro atoms. The maximum Gasteiger partial charge on any atom is 0.410 e. The number of alkyl halides is 3. The first-order valence-electron chi connectivity index (χ1n) is 11.8. The van der Waals surface area contributed by atoms with E-state index in [1.54, 1.807) is 38.1 Å². The molecule has 1 heterocycles. The van der Waals surface area contributed by atoms with Gasteiger partial charge in [-0.05, 0) is 30.5 Å². The maximum absolute atomic E-state index is 12.8. The van der Waals surface area contributed by atoms with Gasteiger partial charge in [-0.1, -0.05) is 44.2 Å². The predicted octanol–water partition coefficient (Wildman–Crippen LogP) is 5.96. The SMILES string of the molecule is COC(=O)N/C=C/CCC(C)c1cc(O)c(C(=O)C(C)/C=C/c2ccc(OCCC(F)(F)F)cc2)c(=O)o1. The van der Waals surface area contributed by atoms with Crippen LogP contribution in [0.1, 0.15) is 60.7 Å². The Morgan fingerprint density at radius 2 is 1.87 bits per heavy atom. The molecule has 0 saturated carbocycles. The molecule has 0 aliphatic heterocycles. The van der Waals surface area contributed by atoms with Crippen molar-refractivity contribution in [1.29, 1.82) is 0 Å². The fourth-order valence-electron chi connectivity index (χ4n) is 3.26. The molecule has 1 amide bonds. The van der Waals surface area contributed by atoms with Crippen molar-refractivity contribution in [3.05, 3.63) is 76.0 Å². The minimum atomic E-state index is -4.29. The van der Waals surface area contributed by atoms with Crippen LogP contribution >= 0.6 is 0 Å². The third kappa shape index (κ3) is 9.79. The fourth-order valence-corrected chi connectivity index (χ4v) is 3.26. The highest BCUT2D eigenvalue weighted by molar-refractivity contribution is 6.00. The van der Waals surface area contributed by atoms with E-state index >= 15 is 0 Å². The van der Waals surface area contributed by atoms with E-state index in [2.05, 4.69) is 10.1 Å². The van der Waals surface area contributed by atoms with Crippen LogP contribution in [0.4, 0.5) is 18.0 Å². The van der Waals surface area contributed by atoms with Crippen LogP contribution in [0.2, 0.25) is 0 Å². The molecule has 11 heteroatoms. The maximum atomic E-state index is 12.8. The average Bonchev–Trinajstić information content (AvgIpc) is 2.86. The number of hydrogen-bond acceptors (Lipinski definition) is 7. The molecule has 0 saturated heterocycles. The summed E-state index contributed by atoms with van der Waals surface area (Å²) in [6, 6.07) is 7.49. The number of rotatable bonds is 12. The second-order valence-corrected chi connectivity index (χ2v) is 8.51. The molecule has 1 aromatic heterocycles. The number of alkyl carbamates (subject to hydrolysis) is 1. The van der Waals surface area contributed by atoms with E-state index < -0.39 is 53.9 Å². The third-order valence-corrected chi connectivity index (χ3v) is 5.48. The number of ketones is 1. The summed E-state index contributed by atoms with van der Waals surface area (Å²) in [6.07, 6.45) is 1.42. The van der Waals surface area contributed by atoms with Gasteiger partial charge in [0.1, 0.15) is 22.8 Å². The van der Waals surface area contributed by atoms with Crippen molar-refractivity contribution in [2.24, 2.45) is 5.92 Å². The van der Waals surface area contributed by atoms with Crippen LogP contribution in [-0.2, 0) is 4.74 Å². The first kappa shape index (κ1) is 30.2. The number of carbonyl (C=O) groups is 2. The van der Waals surface area contributed by atoms with E-state index in [9.17, 15) is 32.7 Å². The second kappa shape index (κ2) is 14.1. The molecule has 8 nitrogen and oxygen atoms in total. The summed E-state index contributed by atoms with van der Waals surface area (Å²) in [5, 5.41) is 12.8. The minimum absolute atomic E-state index is 0.221. The highest BCUT2D eigenvalue weighted by Gasteiger charge is 2.27. The lowest BCUT2D eigenvalue weighted by Gasteiger charge is -2.12. The molecule has 2 rings (SSSR count). The number of Topliss-reactive ketones (excluding diaryl/α,β-unsaturated/α-hetero) is 1. The van der Waals surface area contributed by atoms with E-state index in [1.165, 1.54) is 37.6 Å². The smallest absolute Gasteiger partial charge is 0.410 e. The average molecular weight is 538 g/mol. The monoisotopic (exact) mass is 537 g/mol. The molecule has 206 valence electrons. The molecular formula is C27H30F3NO7. The minimum Gasteiger partial charge on any atom is -0.507 e. The van der Waals surface area contributed by atoms with E-state index in [-0.39, 0.29) is 17.4 Å². The molecule has 0 radical (unpaired) electrons. The molecule has 2 atom stereocenters. The van der Waals surface area contributed by atoms with Gasteiger partial charge in [-0.25, -0.2) is 9.59 Å². The molecule has 2 N–H and O–H groups in total. The molecular weight excluding hydrogens is 507 g/mol. The van der Waals surface area contributed by atoms with Gasteiger partial charge in [0.05, 0.1) is 20.1 Å². The summed E-state index contributed by atoms with van der Waals surface area (Å²) in [7, 11) is 1.25. The topological polar surface area (TPSA) is 115 Å². The van der Waals surface area contributed by atoms with Gasteiger partial charge in [-0.15, -0.1) is 0 Å². The Labute approximate surface area is 217 Å². The normalized spacial score (nSPS) is 13.4. The van der Waals surface area contributed by atoms with Gasteiger partial charge in [0.25, 0.3) is 0 Å². The second-order valence-electron chi connectivity index (χ2n) is 8.51. The Kier molecular flexibility index (Phi) is 11.2. The van der Waals surface area contributed by atoms with Crippen LogP contribution in [0.15, 0.2) is 57.9 Å². The highest BCUT2D eigenvalue weighted by atomic mass is 19.4. The molecule has 0 fully saturated rings. The molecule has 38 heavy (non-hydrogen) atoms. The Balaban J connectivity index is 1.98. The summed E-state index contributed by atoms with van der Waals surface area (Å²) >= 11 is 0. The van der Waals surface area contributed by atoms with Crippen LogP contribution in [0.5, 0.6) is 11.5 Å². The summed E-state index contributed by atoms with van der Waals surface area (Å²) in [6.45, 7) is 2.86. The van der Waals surface area contributed by atoms with Crippen molar-refractivity contribution in [2.75, 3.05) is 13.7 Å². The van der Waals surface area contributed by atoms with Crippen LogP contribution < -0.4 is 15.7 Å². The Hall–Kier alpha value is -4.02. The van der Waals surface area contributed by atoms with Crippen LogP contribution in [0.3, 0.4) is 0 Å². The van der Waals surface area contributed by atoms with Crippen LogP contribution in [0, 0.1) is 5.92 Å². The number of amides is 1. The van der Waals surface area contributed by atoms with Crippen molar-refractivity contribution in [3.63, 3.8) is 0 Å². The summed E-state index contributed by atoms with van der Waals surface area (Å²) < 4.78 is 51.5. The van der Waals surface area contributed by atoms with Gasteiger partial charge in [0.15, 0.2) is 5.78 Å². The number of aromatic hydroxyl groups is 1. The number of allylic oxidation sites excluding steroid dienone is 2. The quantitative estimate of drug-likeness (QED) is 0.321. The molecule has 1 aromatic carbocycles. The molecule has 0 aliphatic carbocycles. The van der Waals surface area contributed by atoms with E-state index in [0.717, 1.165) is 0 Å². The lowest BCUT2D eigenvalue weighted by atomic mass is 9.97. The van der Waals surface area contributed by atoms with Crippen molar-refractivity contribution in [3.8, 4) is 11.5 Å². The predicted molar refractivity (Wildman–Crippen MR) is 134 cm³/mol. The first-order chi connectivity index (χ1) is 17.9. The largest absolute Gasteiger partial charge is 0.507 e. The van der Waals surface area contributed by atoms with E-state index in [4.69, 9.17) is 9.15 Å². The van der Waals surface area contributed by atoms with Crippen molar-refractivity contribution >= 4 is 18.0 Å². The zero-order valence-electron chi connectivity index (χ0n) is 21.2. The summed E-state index contributed by atoms with van der Waals surface area (Å²) in [4.78, 5) is 36.3. The van der Waals surface area contributed by atoms with Crippen LogP contribution in [0.25, 0.3) is 6.08 Å². The van der Waals surface area contributed by atoms with Gasteiger partial charge < -0.3 is 19.0 Å². The van der Waals surface area contributed by atoms with Crippen molar-refractivity contribution in [2.45, 2.75) is 45.2 Å². The first-order valence-corrected chi connectivity index (χ1v) is 11.8. The third-order valence-electron chi connectivity index (χ3n) is 5.48. The Bertz CT molecular complexity index is 1200. The lowest BCUT2D eigenvalue weighted by molar-refractivity contribution is -0.139. The molecule has 0 aliphatic rings. The van der Waals surface area contributed by atoms with Crippen molar-refractivity contribution < 1.29 is 41.8 Å². The zero-order chi connectivity index (χ0) is 28.3. The Morgan fingerprint density at radius 3 is 2.47 bits per heavy atom. The number of hydrogen-bond donors (Lipinski definition) is 2. The van der Waals surface area contributed by atoms with E-state index in [1.807, 2.05) is 0 Å². The summed E-state index contributed by atoms with van der Waals surface area (Å²) in [5.41, 5.74) is -0.738. The summed E-state index contributed by atoms with van der Waals surface area (Å²) in [5.74, 6) is -1.63. The number of carbonyl (C=O) groups excluding carboxylic acids is 2. The molecule has 2 unspecified atom stereocenters. The number of ether oxygens (including phenoxy) is 2. The standard InChI is InChI=1S/C27H30F3NO7/c1-17(6-4-5-14-31-26(35)36-3)22-16-21(32)23(25(34)38-22)24(33)18(2)7-8-19-9-11-20(12-10-19)37-15-13-27(28,29)30/h5,7-12,14,16-18,32H,4,6,13,15H2,1-3H3,(H,31,35)/b8-7+,14-5+. The van der Waals surface area contributed by atoms with Crippen molar-refractivity contribution in [1.82, 2.24) is 5.32 Å². The van der Waals surface area contributed by atoms with E-state index in [0.29, 0.717) is 18.4 Å². The zero-order valence-corrected chi connectivity index (χ0v) is 21.2. The van der Waals surface area contributed by atoms with Gasteiger partial charge >= 0.3 is 17.9 Å². The Morgan fingerprint density at radius 1 is 1.18 bits per heavy atom. The van der Waals surface area contributed by atoms with Crippen LogP contribution in [-0.4, -0.2) is 36.9 Å². The number of methoxy groups -OCH3 is 1. The van der Waals surface area contributed by atoms with Gasteiger partial charge in [-0.3, -0.25) is 10.1 Å².